The van der Waals surface area contributed by atoms with Gasteiger partial charge < -0.3 is 9.29 Å². The van der Waals surface area contributed by atoms with E-state index in [2.05, 4.69) is 0 Å². The van der Waals surface area contributed by atoms with Gasteiger partial charge >= 0.3 is 16.4 Å². The molecule has 34 heavy (non-hydrogen) atoms. The molecule has 0 radical (unpaired) electrons. The summed E-state index contributed by atoms with van der Waals surface area (Å²) in [6, 6.07) is 10.9. The summed E-state index contributed by atoms with van der Waals surface area (Å²) >= 11 is 0. The van der Waals surface area contributed by atoms with Crippen LogP contribution in [-0.4, -0.2) is 19.6 Å². The third kappa shape index (κ3) is 5.74. The smallest absolute Gasteiger partial charge is 0.428 e. The molecule has 6 nitrogen and oxygen atoms in total. The molecular formula is C27H39NO5S. The molecule has 188 valence electrons. The molecule has 0 atom stereocenters. The zero-order valence-electron chi connectivity index (χ0n) is 22.1. The van der Waals surface area contributed by atoms with Crippen molar-refractivity contribution in [1.82, 2.24) is 0 Å². The predicted octanol–water partition coefficient (Wildman–Crippen LogP) is 7.34. The molecule has 2 aromatic carbocycles. The molecule has 0 fully saturated rings. The van der Waals surface area contributed by atoms with E-state index in [0.717, 1.165) is 0 Å². The molecule has 2 aromatic rings. The zero-order valence-corrected chi connectivity index (χ0v) is 22.9. The Morgan fingerprint density at radius 3 is 1.53 bits per heavy atom. The molecule has 0 unspecified atom stereocenters. The fourth-order valence-corrected chi connectivity index (χ4v) is 5.09. The van der Waals surface area contributed by atoms with Gasteiger partial charge in [0.15, 0.2) is 5.75 Å². The molecule has 0 saturated carbocycles. The summed E-state index contributed by atoms with van der Waals surface area (Å²) in [6.07, 6.45) is -1.62. The summed E-state index contributed by atoms with van der Waals surface area (Å²) in [6.45, 7) is 19.3. The Labute approximate surface area is 205 Å². The Balaban J connectivity index is 2.87. The van der Waals surface area contributed by atoms with Gasteiger partial charge in [0, 0.05) is 0 Å². The Morgan fingerprint density at radius 1 is 0.824 bits per heavy atom. The number of benzene rings is 2. The van der Waals surface area contributed by atoms with Crippen molar-refractivity contribution in [3.63, 3.8) is 0 Å². The van der Waals surface area contributed by atoms with Gasteiger partial charge in [0.2, 0.25) is 0 Å². The largest absolute Gasteiger partial charge is 0.464 e. The van der Waals surface area contributed by atoms with Crippen LogP contribution in [0.25, 0.3) is 0 Å². The molecule has 2 rings (SSSR count). The monoisotopic (exact) mass is 489 g/mol. The lowest BCUT2D eigenvalue weighted by atomic mass is 9.79. The average Bonchev–Trinajstić information content (AvgIpc) is 2.65. The molecule has 0 aliphatic rings. The number of hydrogen-bond acceptors (Lipinski definition) is 4. The van der Waals surface area contributed by atoms with Crippen molar-refractivity contribution < 1.29 is 22.5 Å². The molecular weight excluding hydrogens is 450 g/mol. The maximum atomic E-state index is 13.8. The summed E-state index contributed by atoms with van der Waals surface area (Å²) in [5.74, 6) is 0.160. The average molecular weight is 490 g/mol. The lowest BCUT2D eigenvalue weighted by Crippen LogP contribution is -2.42. The summed E-state index contributed by atoms with van der Waals surface area (Å²) < 4.78 is 33.7. The first-order valence-electron chi connectivity index (χ1n) is 11.6. The first kappa shape index (κ1) is 27.7. The van der Waals surface area contributed by atoms with Crippen molar-refractivity contribution in [2.45, 2.75) is 91.9 Å². The van der Waals surface area contributed by atoms with E-state index in [-0.39, 0.29) is 23.3 Å². The quantitative estimate of drug-likeness (QED) is 0.459. The standard InChI is InChI=1S/C27H39NO5S/c1-17(2)19-13-11-14-20(18(3)4)24(19)33-34(31,32)28(25(29)30)23-21(26(5,6)7)15-12-16-22(23)27(8,9)10/h11-18H,1-10H3,(H,29,30). The van der Waals surface area contributed by atoms with Gasteiger partial charge in [-0.1, -0.05) is 106 Å². The van der Waals surface area contributed by atoms with Crippen LogP contribution < -0.4 is 8.49 Å². The molecule has 0 aliphatic carbocycles. The third-order valence-corrected chi connectivity index (χ3v) is 6.92. The Hall–Kier alpha value is -2.54. The van der Waals surface area contributed by atoms with E-state index in [4.69, 9.17) is 4.18 Å². The van der Waals surface area contributed by atoms with Gasteiger partial charge in [-0.2, -0.15) is 8.42 Å². The van der Waals surface area contributed by atoms with E-state index in [9.17, 15) is 18.3 Å². The van der Waals surface area contributed by atoms with Crippen LogP contribution >= 0.6 is 0 Å². The summed E-state index contributed by atoms with van der Waals surface area (Å²) in [5.41, 5.74) is 1.73. The minimum atomic E-state index is -4.77. The minimum Gasteiger partial charge on any atom is -0.464 e. The summed E-state index contributed by atoms with van der Waals surface area (Å²) in [5, 5.41) is 10.2. The van der Waals surface area contributed by atoms with Crippen molar-refractivity contribution in [2.75, 3.05) is 4.31 Å². The highest BCUT2D eigenvalue weighted by Crippen LogP contribution is 2.42. The van der Waals surface area contributed by atoms with Crippen LogP contribution in [0, 0.1) is 0 Å². The van der Waals surface area contributed by atoms with Crippen LogP contribution in [0.1, 0.15) is 103 Å². The lowest BCUT2D eigenvalue weighted by molar-refractivity contribution is 0.205. The lowest BCUT2D eigenvalue weighted by Gasteiger charge is -2.33. The van der Waals surface area contributed by atoms with Crippen molar-refractivity contribution >= 4 is 22.1 Å². The highest BCUT2D eigenvalue weighted by molar-refractivity contribution is 7.89. The SMILES string of the molecule is CC(C)c1cccc(C(C)C)c1OS(=O)(=O)N(C(=O)O)c1c(C(C)(C)C)cccc1C(C)(C)C. The summed E-state index contributed by atoms with van der Waals surface area (Å²) in [4.78, 5) is 12.6. The van der Waals surface area contributed by atoms with Crippen LogP contribution in [-0.2, 0) is 21.1 Å². The Kier molecular flexibility index (Phi) is 7.83. The first-order chi connectivity index (χ1) is 15.4. The summed E-state index contributed by atoms with van der Waals surface area (Å²) in [7, 11) is -4.77. The van der Waals surface area contributed by atoms with E-state index in [1.54, 1.807) is 12.1 Å². The Bertz CT molecular complexity index is 1090. The van der Waals surface area contributed by atoms with Gasteiger partial charge in [0.1, 0.15) is 0 Å². The number of carboxylic acid groups (broad SMARTS) is 1. The van der Waals surface area contributed by atoms with Gasteiger partial charge in [-0.25, -0.2) is 4.79 Å². The van der Waals surface area contributed by atoms with Crippen molar-refractivity contribution in [3.05, 3.63) is 58.7 Å². The maximum absolute atomic E-state index is 13.8. The van der Waals surface area contributed by atoms with E-state index < -0.39 is 27.2 Å². The second-order valence-electron chi connectivity index (χ2n) is 11.4. The van der Waals surface area contributed by atoms with Crippen LogP contribution in [0.3, 0.4) is 0 Å². The van der Waals surface area contributed by atoms with Crippen molar-refractivity contribution in [2.24, 2.45) is 0 Å². The number of rotatable bonds is 6. The molecule has 0 heterocycles. The number of anilines is 1. The zero-order chi connectivity index (χ0) is 26.2. The second-order valence-corrected chi connectivity index (χ2v) is 12.8. The topological polar surface area (TPSA) is 83.9 Å². The van der Waals surface area contributed by atoms with Crippen LogP contribution in [0.15, 0.2) is 36.4 Å². The maximum Gasteiger partial charge on any atom is 0.428 e. The van der Waals surface area contributed by atoms with Crippen molar-refractivity contribution in [1.29, 1.82) is 0 Å². The normalized spacial score (nSPS) is 12.8. The fraction of sp³-hybridized carbons (Fsp3) is 0.519. The predicted molar refractivity (Wildman–Crippen MR) is 139 cm³/mol. The van der Waals surface area contributed by atoms with Crippen LogP contribution in [0.5, 0.6) is 5.75 Å². The van der Waals surface area contributed by atoms with Crippen LogP contribution in [0.4, 0.5) is 10.5 Å². The van der Waals surface area contributed by atoms with Gasteiger partial charge in [0.25, 0.3) is 0 Å². The molecule has 0 spiro atoms. The fourth-order valence-electron chi connectivity index (χ4n) is 4.00. The molecule has 0 saturated heterocycles. The van der Waals surface area contributed by atoms with Gasteiger partial charge in [-0.3, -0.25) is 0 Å². The van der Waals surface area contributed by atoms with Gasteiger partial charge in [-0.15, -0.1) is 4.31 Å². The number of nitrogens with zero attached hydrogens (tertiary/aromatic N) is 1. The van der Waals surface area contributed by atoms with Gasteiger partial charge in [0.05, 0.1) is 5.69 Å². The highest BCUT2D eigenvalue weighted by Gasteiger charge is 2.40. The number of para-hydroxylation sites is 2. The third-order valence-electron chi connectivity index (χ3n) is 5.76. The minimum absolute atomic E-state index is 0.0193. The van der Waals surface area contributed by atoms with Crippen LogP contribution in [0.2, 0.25) is 0 Å². The van der Waals surface area contributed by atoms with E-state index >= 15 is 0 Å². The van der Waals surface area contributed by atoms with E-state index in [0.29, 0.717) is 26.6 Å². The number of amides is 1. The first-order valence-corrected chi connectivity index (χ1v) is 13.0. The highest BCUT2D eigenvalue weighted by atomic mass is 32.2. The van der Waals surface area contributed by atoms with Gasteiger partial charge in [-0.05, 0) is 44.9 Å². The number of hydrogen-bond donors (Lipinski definition) is 1. The number of carbonyl (C=O) groups is 1. The molecule has 1 N–H and O–H groups in total. The molecule has 1 amide bonds. The molecule has 7 heteroatoms. The van der Waals surface area contributed by atoms with E-state index in [1.807, 2.05) is 93.5 Å². The van der Waals surface area contributed by atoms with E-state index in [1.165, 1.54) is 0 Å². The molecule has 0 bridgehead atoms. The van der Waals surface area contributed by atoms with Crippen molar-refractivity contribution in [3.8, 4) is 5.75 Å². The Morgan fingerprint density at radius 2 is 1.21 bits per heavy atom. The second kappa shape index (κ2) is 9.61. The molecule has 0 aliphatic heterocycles. The molecule has 0 aromatic heterocycles.